The number of aliphatic hydroxyl groups excluding tert-OH is 1. The quantitative estimate of drug-likeness (QED) is 0.325. The zero-order valence-corrected chi connectivity index (χ0v) is 8.54. The standard InChI is InChI=1S/C7H18NO3.ClH/c1-4-5-8(3,6-9)7(2,10)11;/h9-11H,4-6H2,1-3H3;1H/q+1;/p-1. The molecule has 4 nitrogen and oxygen atoms in total. The maximum atomic E-state index is 9.24. The second kappa shape index (κ2) is 4.99. The van der Waals surface area contributed by atoms with Crippen molar-refractivity contribution in [3.05, 3.63) is 0 Å². The van der Waals surface area contributed by atoms with Crippen molar-refractivity contribution in [2.24, 2.45) is 0 Å². The highest BCUT2D eigenvalue weighted by atomic mass is 35.5. The molecule has 1 atom stereocenters. The van der Waals surface area contributed by atoms with Gasteiger partial charge in [-0.2, -0.15) is 0 Å². The number of quaternary nitrogens is 1. The highest BCUT2D eigenvalue weighted by molar-refractivity contribution is 4.41. The Kier molecular flexibility index (Phi) is 6.09. The van der Waals surface area contributed by atoms with E-state index in [1.165, 1.54) is 6.92 Å². The molecule has 76 valence electrons. The fourth-order valence-electron chi connectivity index (χ4n) is 0.910. The Balaban J connectivity index is 0. The molecule has 0 aromatic carbocycles. The molecule has 5 heteroatoms. The highest BCUT2D eigenvalue weighted by Gasteiger charge is 2.39. The van der Waals surface area contributed by atoms with Crippen molar-refractivity contribution in [1.82, 2.24) is 0 Å². The minimum absolute atomic E-state index is 0. The van der Waals surface area contributed by atoms with E-state index in [9.17, 15) is 10.2 Å². The van der Waals surface area contributed by atoms with Crippen LogP contribution in [0, 0.1) is 0 Å². The fourth-order valence-corrected chi connectivity index (χ4v) is 0.910. The van der Waals surface area contributed by atoms with E-state index in [4.69, 9.17) is 5.11 Å². The molecule has 0 aliphatic carbocycles. The normalized spacial score (nSPS) is 16.5. The lowest BCUT2D eigenvalue weighted by molar-refractivity contribution is -1.02. The summed E-state index contributed by atoms with van der Waals surface area (Å²) < 4.78 is -0.149. The van der Waals surface area contributed by atoms with Crippen LogP contribution >= 0.6 is 0 Å². The summed E-state index contributed by atoms with van der Waals surface area (Å²) in [5, 5.41) is 27.4. The zero-order valence-electron chi connectivity index (χ0n) is 7.79. The Hall–Kier alpha value is 0.130. The molecule has 1 unspecified atom stereocenters. The van der Waals surface area contributed by atoms with E-state index in [-0.39, 0.29) is 23.6 Å². The Labute approximate surface area is 79.4 Å². The largest absolute Gasteiger partial charge is 1.00 e. The average Bonchev–Trinajstić information content (AvgIpc) is 1.86. The lowest BCUT2D eigenvalue weighted by atomic mass is 10.3. The Morgan fingerprint density at radius 1 is 1.33 bits per heavy atom. The predicted molar refractivity (Wildman–Crippen MR) is 41.3 cm³/mol. The summed E-state index contributed by atoms with van der Waals surface area (Å²) in [5.41, 5.74) is 0. The molecule has 0 aromatic heterocycles. The Morgan fingerprint density at radius 3 is 1.83 bits per heavy atom. The Bertz CT molecular complexity index is 126. The second-order valence-electron chi connectivity index (χ2n) is 3.23. The van der Waals surface area contributed by atoms with Crippen LogP contribution in [0.15, 0.2) is 0 Å². The van der Waals surface area contributed by atoms with E-state index >= 15 is 0 Å². The van der Waals surface area contributed by atoms with Gasteiger partial charge in [-0.15, -0.1) is 0 Å². The van der Waals surface area contributed by atoms with Crippen molar-refractivity contribution in [2.45, 2.75) is 26.2 Å². The van der Waals surface area contributed by atoms with Gasteiger partial charge in [0, 0.05) is 6.92 Å². The van der Waals surface area contributed by atoms with Crippen LogP contribution in [0.2, 0.25) is 0 Å². The summed E-state index contributed by atoms with van der Waals surface area (Å²) in [4.78, 5) is 0. The molecule has 0 amide bonds. The van der Waals surface area contributed by atoms with E-state index < -0.39 is 5.91 Å². The molecule has 0 aliphatic rings. The Morgan fingerprint density at radius 2 is 1.75 bits per heavy atom. The minimum atomic E-state index is -1.86. The molecule has 3 N–H and O–H groups in total. The molecular weight excluding hydrogens is 182 g/mol. The van der Waals surface area contributed by atoms with Crippen LogP contribution in [0.3, 0.4) is 0 Å². The van der Waals surface area contributed by atoms with Crippen LogP contribution in [0.5, 0.6) is 0 Å². The number of hydrogen-bond acceptors (Lipinski definition) is 3. The monoisotopic (exact) mass is 199 g/mol. The highest BCUT2D eigenvalue weighted by Crippen LogP contribution is 2.16. The average molecular weight is 200 g/mol. The van der Waals surface area contributed by atoms with E-state index in [2.05, 4.69) is 0 Å². The molecule has 0 saturated carbocycles. The van der Waals surface area contributed by atoms with Crippen molar-refractivity contribution in [1.29, 1.82) is 0 Å². The van der Waals surface area contributed by atoms with Gasteiger partial charge in [0.1, 0.15) is 0 Å². The molecule has 0 saturated heterocycles. The smallest absolute Gasteiger partial charge is 0.312 e. The summed E-state index contributed by atoms with van der Waals surface area (Å²) in [6, 6.07) is 0. The van der Waals surface area contributed by atoms with E-state index in [0.717, 1.165) is 6.42 Å². The van der Waals surface area contributed by atoms with Gasteiger partial charge in [0.15, 0.2) is 6.73 Å². The molecule has 0 aromatic rings. The van der Waals surface area contributed by atoms with E-state index in [1.54, 1.807) is 7.05 Å². The van der Waals surface area contributed by atoms with Crippen LogP contribution in [0.25, 0.3) is 0 Å². The van der Waals surface area contributed by atoms with Gasteiger partial charge in [0.25, 0.3) is 0 Å². The summed E-state index contributed by atoms with van der Waals surface area (Å²) in [6.07, 6.45) is 0.799. The molecule has 0 rings (SSSR count). The number of nitrogens with zero attached hydrogens (tertiary/aromatic N) is 1. The number of aliphatic hydroxyl groups is 3. The topological polar surface area (TPSA) is 60.7 Å². The third-order valence-corrected chi connectivity index (χ3v) is 2.05. The predicted octanol–water partition coefficient (Wildman–Crippen LogP) is -3.54. The zero-order chi connectivity index (χ0) is 9.12. The van der Waals surface area contributed by atoms with Gasteiger partial charge in [-0.3, -0.25) is 4.48 Å². The van der Waals surface area contributed by atoms with Crippen molar-refractivity contribution >= 4 is 0 Å². The van der Waals surface area contributed by atoms with Crippen molar-refractivity contribution in [2.75, 3.05) is 20.3 Å². The second-order valence-corrected chi connectivity index (χ2v) is 3.23. The first-order valence-corrected chi connectivity index (χ1v) is 3.77. The molecule has 0 heterocycles. The van der Waals surface area contributed by atoms with Crippen LogP contribution < -0.4 is 12.4 Å². The van der Waals surface area contributed by atoms with Gasteiger partial charge in [-0.25, -0.2) is 0 Å². The maximum absolute atomic E-state index is 9.24. The first kappa shape index (κ1) is 14.6. The summed E-state index contributed by atoms with van der Waals surface area (Å²) >= 11 is 0. The molecule has 0 aliphatic heterocycles. The first-order valence-electron chi connectivity index (χ1n) is 3.77. The van der Waals surface area contributed by atoms with Crippen molar-refractivity contribution < 1.29 is 32.2 Å². The number of hydrogen-bond donors (Lipinski definition) is 3. The maximum Gasteiger partial charge on any atom is 0.312 e. The van der Waals surface area contributed by atoms with Gasteiger partial charge in [0.2, 0.25) is 0 Å². The minimum Gasteiger partial charge on any atom is -1.00 e. The van der Waals surface area contributed by atoms with E-state index in [0.29, 0.717) is 6.54 Å². The third kappa shape index (κ3) is 3.25. The molecule has 0 spiro atoms. The summed E-state index contributed by atoms with van der Waals surface area (Å²) in [5.74, 6) is -1.86. The van der Waals surface area contributed by atoms with Crippen LogP contribution in [0.1, 0.15) is 20.3 Å². The van der Waals surface area contributed by atoms with E-state index in [1.807, 2.05) is 6.92 Å². The van der Waals surface area contributed by atoms with Gasteiger partial charge in [-0.1, -0.05) is 6.92 Å². The summed E-state index contributed by atoms with van der Waals surface area (Å²) in [7, 11) is 1.60. The van der Waals surface area contributed by atoms with Gasteiger partial charge >= 0.3 is 5.91 Å². The summed E-state index contributed by atoms with van der Waals surface area (Å²) in [6.45, 7) is 3.48. The molecular formula is C7H18ClNO3. The van der Waals surface area contributed by atoms with Crippen molar-refractivity contribution in [3.63, 3.8) is 0 Å². The first-order chi connectivity index (χ1) is 4.87. The van der Waals surface area contributed by atoms with Gasteiger partial charge in [0.05, 0.1) is 13.6 Å². The number of rotatable bonds is 4. The lowest BCUT2D eigenvalue weighted by Gasteiger charge is -2.39. The van der Waals surface area contributed by atoms with Crippen LogP contribution in [0.4, 0.5) is 0 Å². The molecule has 0 fully saturated rings. The SMILES string of the molecule is CCC[N+](C)(CO)C(C)(O)O.[Cl-]. The molecule has 0 radical (unpaired) electrons. The number of halogens is 1. The molecule has 12 heavy (non-hydrogen) atoms. The molecule has 0 bridgehead atoms. The third-order valence-electron chi connectivity index (χ3n) is 2.05. The lowest BCUT2D eigenvalue weighted by Crippen LogP contribution is -3.00. The van der Waals surface area contributed by atoms with Crippen molar-refractivity contribution in [3.8, 4) is 0 Å². The van der Waals surface area contributed by atoms with Gasteiger partial charge in [-0.05, 0) is 6.42 Å². The van der Waals surface area contributed by atoms with Crippen LogP contribution in [-0.4, -0.2) is 46.0 Å². The fraction of sp³-hybridized carbons (Fsp3) is 1.00. The van der Waals surface area contributed by atoms with Crippen LogP contribution in [-0.2, 0) is 0 Å². The van der Waals surface area contributed by atoms with Gasteiger partial charge < -0.3 is 27.7 Å².